The van der Waals surface area contributed by atoms with Gasteiger partial charge in [-0.05, 0) is 30.7 Å². The molecule has 0 aliphatic rings. The Morgan fingerprint density at radius 3 is 2.65 bits per heavy atom. The molecule has 0 fully saturated rings. The third-order valence-electron chi connectivity index (χ3n) is 2.93. The Kier molecular flexibility index (Phi) is 4.95. The maximum Gasteiger partial charge on any atom is 0.387 e. The Labute approximate surface area is 124 Å². The Balaban J connectivity index is 2.13. The summed E-state index contributed by atoms with van der Waals surface area (Å²) in [5.41, 5.74) is 2.71. The van der Waals surface area contributed by atoms with E-state index in [1.165, 1.54) is 6.07 Å². The van der Waals surface area contributed by atoms with Gasteiger partial charge in [-0.2, -0.15) is 8.78 Å². The van der Waals surface area contributed by atoms with Crippen LogP contribution in [0.15, 0.2) is 46.9 Å². The minimum absolute atomic E-state index is 0.197. The maximum atomic E-state index is 12.3. The first-order valence-corrected chi connectivity index (χ1v) is 6.89. The quantitative estimate of drug-likeness (QED) is 0.828. The van der Waals surface area contributed by atoms with Crippen LogP contribution in [0, 0.1) is 6.92 Å². The van der Waals surface area contributed by atoms with Crippen LogP contribution in [-0.2, 0) is 6.54 Å². The number of anilines is 1. The molecule has 0 saturated carbocycles. The number of halogens is 3. The molecule has 0 spiro atoms. The number of alkyl halides is 2. The molecule has 0 heterocycles. The number of nitrogens with one attached hydrogen (secondary N) is 1. The van der Waals surface area contributed by atoms with Gasteiger partial charge >= 0.3 is 6.61 Å². The molecule has 0 saturated heterocycles. The molecule has 1 N–H and O–H groups in total. The summed E-state index contributed by atoms with van der Waals surface area (Å²) in [6.45, 7) is -0.419. The van der Waals surface area contributed by atoms with Gasteiger partial charge in [0, 0.05) is 22.3 Å². The zero-order valence-electron chi connectivity index (χ0n) is 10.9. The van der Waals surface area contributed by atoms with Gasteiger partial charge in [0.05, 0.1) is 0 Å². The Hall–Kier alpha value is -1.62. The molecule has 0 bridgehead atoms. The van der Waals surface area contributed by atoms with Crippen LogP contribution in [0.1, 0.15) is 11.1 Å². The van der Waals surface area contributed by atoms with E-state index in [9.17, 15) is 8.78 Å². The van der Waals surface area contributed by atoms with Crippen molar-refractivity contribution < 1.29 is 13.5 Å². The van der Waals surface area contributed by atoms with Crippen LogP contribution >= 0.6 is 15.9 Å². The monoisotopic (exact) mass is 341 g/mol. The van der Waals surface area contributed by atoms with Gasteiger partial charge in [0.25, 0.3) is 0 Å². The first-order valence-electron chi connectivity index (χ1n) is 6.09. The van der Waals surface area contributed by atoms with Gasteiger partial charge in [-0.3, -0.25) is 0 Å². The highest BCUT2D eigenvalue weighted by atomic mass is 79.9. The van der Waals surface area contributed by atoms with E-state index in [1.807, 2.05) is 25.1 Å². The van der Waals surface area contributed by atoms with Crippen LogP contribution in [0.5, 0.6) is 5.75 Å². The summed E-state index contributed by atoms with van der Waals surface area (Å²) < 4.78 is 30.2. The molecule has 0 aromatic heterocycles. The molecular weight excluding hydrogens is 328 g/mol. The lowest BCUT2D eigenvalue weighted by Gasteiger charge is -2.14. The van der Waals surface area contributed by atoms with E-state index in [2.05, 4.69) is 26.0 Å². The van der Waals surface area contributed by atoms with Crippen molar-refractivity contribution in [3.8, 4) is 5.75 Å². The van der Waals surface area contributed by atoms with Crippen molar-refractivity contribution in [2.45, 2.75) is 20.1 Å². The van der Waals surface area contributed by atoms with E-state index in [-0.39, 0.29) is 5.75 Å². The van der Waals surface area contributed by atoms with Crippen LogP contribution < -0.4 is 10.1 Å². The van der Waals surface area contributed by atoms with Gasteiger partial charge in [0.1, 0.15) is 5.75 Å². The van der Waals surface area contributed by atoms with E-state index in [4.69, 9.17) is 0 Å². The average molecular weight is 342 g/mol. The van der Waals surface area contributed by atoms with E-state index in [0.29, 0.717) is 12.1 Å². The third-order valence-corrected chi connectivity index (χ3v) is 3.78. The van der Waals surface area contributed by atoms with Gasteiger partial charge in [-0.25, -0.2) is 0 Å². The molecular formula is C15H14BrF2NO. The molecule has 0 radical (unpaired) electrons. The lowest BCUT2D eigenvalue weighted by atomic mass is 10.1. The van der Waals surface area contributed by atoms with Crippen LogP contribution in [0.2, 0.25) is 0 Å². The van der Waals surface area contributed by atoms with Crippen molar-refractivity contribution >= 4 is 21.6 Å². The number of hydrogen-bond acceptors (Lipinski definition) is 2. The number of para-hydroxylation sites is 1. The van der Waals surface area contributed by atoms with Gasteiger partial charge < -0.3 is 10.1 Å². The Bertz CT molecular complexity index is 590. The lowest BCUT2D eigenvalue weighted by Crippen LogP contribution is -2.07. The maximum absolute atomic E-state index is 12.3. The first kappa shape index (κ1) is 14.8. The topological polar surface area (TPSA) is 21.3 Å². The van der Waals surface area contributed by atoms with Crippen molar-refractivity contribution in [3.05, 3.63) is 58.1 Å². The number of benzene rings is 2. The fourth-order valence-corrected chi connectivity index (χ4v) is 2.22. The predicted molar refractivity (Wildman–Crippen MR) is 79.3 cm³/mol. The summed E-state index contributed by atoms with van der Waals surface area (Å²) in [5, 5.41) is 3.23. The fourth-order valence-electron chi connectivity index (χ4n) is 1.85. The third kappa shape index (κ3) is 3.70. The van der Waals surface area contributed by atoms with Crippen molar-refractivity contribution in [1.29, 1.82) is 0 Å². The second-order valence-corrected chi connectivity index (χ2v) is 5.11. The normalized spacial score (nSPS) is 10.7. The van der Waals surface area contributed by atoms with Crippen LogP contribution in [0.3, 0.4) is 0 Å². The number of hydrogen-bond donors (Lipinski definition) is 1. The highest BCUT2D eigenvalue weighted by Gasteiger charge is 2.09. The molecule has 0 unspecified atom stereocenters. The molecule has 0 aliphatic heterocycles. The average Bonchev–Trinajstić information content (AvgIpc) is 2.41. The van der Waals surface area contributed by atoms with Crippen LogP contribution in [0.4, 0.5) is 14.5 Å². The minimum Gasteiger partial charge on any atom is -0.434 e. The highest BCUT2D eigenvalue weighted by molar-refractivity contribution is 9.10. The van der Waals surface area contributed by atoms with E-state index >= 15 is 0 Å². The molecule has 0 aliphatic carbocycles. The van der Waals surface area contributed by atoms with Crippen molar-refractivity contribution in [1.82, 2.24) is 0 Å². The van der Waals surface area contributed by atoms with E-state index in [1.54, 1.807) is 18.2 Å². The largest absolute Gasteiger partial charge is 0.434 e. The van der Waals surface area contributed by atoms with Gasteiger partial charge in [-0.1, -0.05) is 40.2 Å². The summed E-state index contributed by atoms with van der Waals surface area (Å²) in [7, 11) is 0. The Morgan fingerprint density at radius 1 is 1.15 bits per heavy atom. The van der Waals surface area contributed by atoms with Crippen LogP contribution in [-0.4, -0.2) is 6.61 Å². The Morgan fingerprint density at radius 2 is 1.90 bits per heavy atom. The second-order valence-electron chi connectivity index (χ2n) is 4.25. The molecule has 0 atom stereocenters. The molecule has 5 heteroatoms. The zero-order valence-corrected chi connectivity index (χ0v) is 12.5. The smallest absolute Gasteiger partial charge is 0.387 e. The summed E-state index contributed by atoms with van der Waals surface area (Å²) in [6, 6.07) is 12.6. The first-order chi connectivity index (χ1) is 9.58. The molecule has 2 rings (SSSR count). The summed E-state index contributed by atoms with van der Waals surface area (Å²) in [5.74, 6) is 0.197. The van der Waals surface area contributed by atoms with Gasteiger partial charge in [-0.15, -0.1) is 0 Å². The molecule has 0 amide bonds. The predicted octanol–water partition coefficient (Wildman–Crippen LogP) is 4.97. The zero-order chi connectivity index (χ0) is 14.5. The number of ether oxygens (including phenoxy) is 1. The second kappa shape index (κ2) is 6.70. The summed E-state index contributed by atoms with van der Waals surface area (Å²) in [4.78, 5) is 0. The van der Waals surface area contributed by atoms with E-state index in [0.717, 1.165) is 15.7 Å². The summed E-state index contributed by atoms with van der Waals surface area (Å²) in [6.07, 6.45) is 0. The van der Waals surface area contributed by atoms with E-state index < -0.39 is 6.61 Å². The molecule has 106 valence electrons. The van der Waals surface area contributed by atoms with Crippen molar-refractivity contribution in [3.63, 3.8) is 0 Å². The molecule has 2 nitrogen and oxygen atoms in total. The van der Waals surface area contributed by atoms with Gasteiger partial charge in [0.15, 0.2) is 0 Å². The van der Waals surface area contributed by atoms with Crippen molar-refractivity contribution in [2.75, 3.05) is 5.32 Å². The van der Waals surface area contributed by atoms with Crippen molar-refractivity contribution in [2.24, 2.45) is 0 Å². The fraction of sp³-hybridized carbons (Fsp3) is 0.200. The molecule has 2 aromatic carbocycles. The summed E-state index contributed by atoms with van der Waals surface area (Å²) >= 11 is 3.46. The molecule has 20 heavy (non-hydrogen) atoms. The number of rotatable bonds is 5. The molecule has 2 aromatic rings. The standard InChI is InChI=1S/C15H14BrF2NO/c1-10-12(16)6-4-7-13(10)19-9-11-5-2-3-8-14(11)20-15(17)18/h2-8,15,19H,9H2,1H3. The highest BCUT2D eigenvalue weighted by Crippen LogP contribution is 2.26. The van der Waals surface area contributed by atoms with Crippen LogP contribution in [0.25, 0.3) is 0 Å². The SMILES string of the molecule is Cc1c(Br)cccc1NCc1ccccc1OC(F)F. The lowest BCUT2D eigenvalue weighted by molar-refractivity contribution is -0.0504. The minimum atomic E-state index is -2.82. The van der Waals surface area contributed by atoms with Gasteiger partial charge in [0.2, 0.25) is 0 Å².